The lowest BCUT2D eigenvalue weighted by molar-refractivity contribution is 0.598. The molecule has 0 amide bonds. The molecule has 0 aliphatic carbocycles. The van der Waals surface area contributed by atoms with Gasteiger partial charge in [0.15, 0.2) is 5.82 Å². The molecule has 0 spiro atoms. The highest BCUT2D eigenvalue weighted by molar-refractivity contribution is 7.89. The molecule has 1 heterocycles. The fourth-order valence-corrected chi connectivity index (χ4v) is 2.91. The number of nitrogens with one attached hydrogen (secondary N) is 1. The zero-order chi connectivity index (χ0) is 16.8. The lowest BCUT2D eigenvalue weighted by atomic mass is 10.2. The number of hydrogen-bond donors (Lipinski definition) is 2. The van der Waals surface area contributed by atoms with E-state index in [9.17, 15) is 12.8 Å². The molecule has 0 aliphatic heterocycles. The van der Waals surface area contributed by atoms with Gasteiger partial charge in [0.2, 0.25) is 10.0 Å². The van der Waals surface area contributed by atoms with Crippen molar-refractivity contribution in [3.63, 3.8) is 0 Å². The van der Waals surface area contributed by atoms with Gasteiger partial charge in [-0.1, -0.05) is 0 Å². The highest BCUT2D eigenvalue weighted by Crippen LogP contribution is 2.28. The summed E-state index contributed by atoms with van der Waals surface area (Å²) in [6.45, 7) is 1.66. The van der Waals surface area contributed by atoms with Gasteiger partial charge >= 0.3 is 0 Å². The third-order valence-electron chi connectivity index (χ3n) is 3.57. The molecule has 0 radical (unpaired) electrons. The summed E-state index contributed by atoms with van der Waals surface area (Å²) in [6, 6.07) is 9.15. The molecule has 3 rings (SSSR count). The van der Waals surface area contributed by atoms with E-state index in [1.807, 2.05) is 0 Å². The first-order valence-corrected chi connectivity index (χ1v) is 8.33. The number of fused-ring (bicyclic) bond motifs is 1. The molecule has 2 aromatic carbocycles. The van der Waals surface area contributed by atoms with Gasteiger partial charge in [-0.25, -0.2) is 17.9 Å². The number of aromatic nitrogens is 2. The van der Waals surface area contributed by atoms with Crippen LogP contribution in [0.25, 0.3) is 10.9 Å². The molecule has 0 aliphatic rings. The molecule has 0 fully saturated rings. The lowest BCUT2D eigenvalue weighted by Crippen LogP contribution is -2.11. The maximum absolute atomic E-state index is 13.4. The number of benzene rings is 2. The number of halogens is 1. The number of anilines is 2. The van der Waals surface area contributed by atoms with E-state index < -0.39 is 10.0 Å². The van der Waals surface area contributed by atoms with E-state index >= 15 is 0 Å². The summed E-state index contributed by atoms with van der Waals surface area (Å²) in [7, 11) is -2.05. The Kier molecular flexibility index (Phi) is 3.57. The molecular weight excluding hydrogens is 319 g/mol. The van der Waals surface area contributed by atoms with Crippen molar-refractivity contribution in [3.05, 3.63) is 47.8 Å². The average Bonchev–Trinajstić information content (AvgIpc) is 2.78. The Labute approximate surface area is 132 Å². The summed E-state index contributed by atoms with van der Waals surface area (Å²) in [5.74, 6) is 0.178. The van der Waals surface area contributed by atoms with Crippen LogP contribution in [-0.4, -0.2) is 18.2 Å². The van der Waals surface area contributed by atoms with E-state index in [4.69, 9.17) is 5.14 Å². The van der Waals surface area contributed by atoms with Gasteiger partial charge in [-0.05, 0) is 48.9 Å². The summed E-state index contributed by atoms with van der Waals surface area (Å²) >= 11 is 0. The van der Waals surface area contributed by atoms with Crippen LogP contribution in [0.3, 0.4) is 0 Å². The minimum absolute atomic E-state index is 0.0105. The van der Waals surface area contributed by atoms with Crippen molar-refractivity contribution < 1.29 is 12.8 Å². The minimum atomic E-state index is -3.80. The Balaban J connectivity index is 2.11. The molecule has 0 bridgehead atoms. The van der Waals surface area contributed by atoms with Crippen molar-refractivity contribution in [3.8, 4) is 0 Å². The predicted octanol–water partition coefficient (Wildman–Crippen LogP) is 2.41. The van der Waals surface area contributed by atoms with Crippen LogP contribution in [0, 0.1) is 12.7 Å². The molecule has 0 atom stereocenters. The van der Waals surface area contributed by atoms with E-state index in [2.05, 4.69) is 10.4 Å². The smallest absolute Gasteiger partial charge is 0.238 e. The second-order valence-corrected chi connectivity index (χ2v) is 6.85. The van der Waals surface area contributed by atoms with Crippen molar-refractivity contribution in [2.45, 2.75) is 11.8 Å². The number of rotatable bonds is 3. The van der Waals surface area contributed by atoms with E-state index in [1.165, 1.54) is 18.2 Å². The van der Waals surface area contributed by atoms with Crippen LogP contribution in [0.1, 0.15) is 5.56 Å². The van der Waals surface area contributed by atoms with Crippen molar-refractivity contribution in [1.29, 1.82) is 0 Å². The van der Waals surface area contributed by atoms with Gasteiger partial charge in [-0.2, -0.15) is 5.10 Å². The summed E-state index contributed by atoms with van der Waals surface area (Å²) < 4.78 is 38.0. The zero-order valence-electron chi connectivity index (χ0n) is 12.5. The van der Waals surface area contributed by atoms with Crippen LogP contribution in [0.2, 0.25) is 0 Å². The second-order valence-electron chi connectivity index (χ2n) is 5.29. The Morgan fingerprint density at radius 1 is 1.22 bits per heavy atom. The van der Waals surface area contributed by atoms with Crippen LogP contribution in [-0.2, 0) is 17.1 Å². The molecule has 0 saturated heterocycles. The molecule has 3 N–H and O–H groups in total. The number of nitrogens with two attached hydrogens (primary N) is 1. The summed E-state index contributed by atoms with van der Waals surface area (Å²) in [4.78, 5) is 0.0105. The quantitative estimate of drug-likeness (QED) is 0.769. The Bertz CT molecular complexity index is 1010. The van der Waals surface area contributed by atoms with Gasteiger partial charge in [0.05, 0.1) is 10.4 Å². The fourth-order valence-electron chi connectivity index (χ4n) is 2.37. The van der Waals surface area contributed by atoms with Gasteiger partial charge in [0.25, 0.3) is 0 Å². The highest BCUT2D eigenvalue weighted by atomic mass is 32.2. The molecule has 0 saturated carbocycles. The molecule has 8 heteroatoms. The Morgan fingerprint density at radius 3 is 2.61 bits per heavy atom. The van der Waals surface area contributed by atoms with Crippen LogP contribution < -0.4 is 10.5 Å². The third kappa shape index (κ3) is 2.90. The van der Waals surface area contributed by atoms with Gasteiger partial charge in [0.1, 0.15) is 5.82 Å². The SMILES string of the molecule is Cc1cc(Nc2nn(C)c3ccc(S(N)(=O)=O)cc23)ccc1F. The summed E-state index contributed by atoms with van der Waals surface area (Å²) in [5, 5.41) is 13.2. The van der Waals surface area contributed by atoms with Crippen LogP contribution in [0.4, 0.5) is 15.9 Å². The first-order chi connectivity index (χ1) is 10.8. The monoisotopic (exact) mass is 334 g/mol. The molecule has 6 nitrogen and oxygen atoms in total. The molecular formula is C15H15FN4O2S. The third-order valence-corrected chi connectivity index (χ3v) is 4.48. The van der Waals surface area contributed by atoms with E-state index in [1.54, 1.807) is 36.9 Å². The second kappa shape index (κ2) is 5.32. The van der Waals surface area contributed by atoms with Crippen molar-refractivity contribution in [1.82, 2.24) is 9.78 Å². The van der Waals surface area contributed by atoms with Gasteiger partial charge in [0, 0.05) is 18.1 Å². The normalized spacial score (nSPS) is 11.8. The molecule has 3 aromatic rings. The van der Waals surface area contributed by atoms with Crippen molar-refractivity contribution in [2.75, 3.05) is 5.32 Å². The van der Waals surface area contributed by atoms with Crippen molar-refractivity contribution in [2.24, 2.45) is 12.2 Å². The maximum Gasteiger partial charge on any atom is 0.238 e. The largest absolute Gasteiger partial charge is 0.338 e. The number of nitrogens with zero attached hydrogens (tertiary/aromatic N) is 2. The fraction of sp³-hybridized carbons (Fsp3) is 0.133. The minimum Gasteiger partial charge on any atom is -0.338 e. The molecule has 1 aromatic heterocycles. The Morgan fingerprint density at radius 2 is 1.96 bits per heavy atom. The van der Waals surface area contributed by atoms with E-state index in [0.29, 0.717) is 22.5 Å². The van der Waals surface area contributed by atoms with Gasteiger partial charge in [-0.3, -0.25) is 4.68 Å². The predicted molar refractivity (Wildman–Crippen MR) is 86.5 cm³/mol. The average molecular weight is 334 g/mol. The summed E-state index contributed by atoms with van der Waals surface area (Å²) in [6.07, 6.45) is 0. The van der Waals surface area contributed by atoms with Crippen LogP contribution in [0.15, 0.2) is 41.3 Å². The standard InChI is InChI=1S/C15H15FN4O2S/c1-9-7-10(3-5-13(9)16)18-15-12-8-11(23(17,21)22)4-6-14(12)20(2)19-15/h3-8H,1-2H3,(H,18,19)(H2,17,21,22). The van der Waals surface area contributed by atoms with Crippen molar-refractivity contribution >= 4 is 32.4 Å². The first kappa shape index (κ1) is 15.4. The number of primary sulfonamides is 1. The van der Waals surface area contributed by atoms with Gasteiger partial charge < -0.3 is 5.32 Å². The number of hydrogen-bond acceptors (Lipinski definition) is 4. The van der Waals surface area contributed by atoms with E-state index in [0.717, 1.165) is 5.52 Å². The van der Waals surface area contributed by atoms with Crippen LogP contribution >= 0.6 is 0 Å². The summed E-state index contributed by atoms with van der Waals surface area (Å²) in [5.41, 5.74) is 1.91. The van der Waals surface area contributed by atoms with Crippen LogP contribution in [0.5, 0.6) is 0 Å². The van der Waals surface area contributed by atoms with E-state index in [-0.39, 0.29) is 10.7 Å². The highest BCUT2D eigenvalue weighted by Gasteiger charge is 2.14. The molecule has 0 unspecified atom stereocenters. The molecule has 23 heavy (non-hydrogen) atoms. The van der Waals surface area contributed by atoms with Gasteiger partial charge in [-0.15, -0.1) is 0 Å². The lowest BCUT2D eigenvalue weighted by Gasteiger charge is -2.06. The topological polar surface area (TPSA) is 90.0 Å². The maximum atomic E-state index is 13.4. The molecule has 120 valence electrons. The Hall–Kier alpha value is -2.45. The first-order valence-electron chi connectivity index (χ1n) is 6.78. The number of aryl methyl sites for hydroxylation is 2. The zero-order valence-corrected chi connectivity index (χ0v) is 13.4. The number of sulfonamides is 1.